The van der Waals surface area contributed by atoms with Crippen molar-refractivity contribution in [2.75, 3.05) is 32.1 Å². The lowest BCUT2D eigenvalue weighted by Crippen LogP contribution is -2.25. The Morgan fingerprint density at radius 3 is 2.24 bits per heavy atom. The summed E-state index contributed by atoms with van der Waals surface area (Å²) in [5, 5.41) is 0. The molecule has 0 unspecified atom stereocenters. The lowest BCUT2D eigenvalue weighted by Gasteiger charge is -2.29. The summed E-state index contributed by atoms with van der Waals surface area (Å²) in [5.74, 6) is 0. The predicted molar refractivity (Wildman–Crippen MR) is 75.5 cm³/mol. The second-order valence-corrected chi connectivity index (χ2v) is 4.79. The van der Waals surface area contributed by atoms with E-state index in [9.17, 15) is 0 Å². The molecule has 0 N–H and O–H groups in total. The fourth-order valence-corrected chi connectivity index (χ4v) is 2.01. The van der Waals surface area contributed by atoms with Crippen LogP contribution in [-0.2, 0) is 6.54 Å². The van der Waals surface area contributed by atoms with Gasteiger partial charge < -0.3 is 9.80 Å². The summed E-state index contributed by atoms with van der Waals surface area (Å²) < 4.78 is 0. The van der Waals surface area contributed by atoms with E-state index in [0.717, 1.165) is 19.6 Å². The van der Waals surface area contributed by atoms with E-state index in [4.69, 9.17) is 0 Å². The molecule has 0 atom stereocenters. The summed E-state index contributed by atoms with van der Waals surface area (Å²) in [6.45, 7) is 7.66. The number of benzene rings is 1. The molecular weight excluding hydrogens is 208 g/mol. The highest BCUT2D eigenvalue weighted by Gasteiger charge is 2.00. The largest absolute Gasteiger partial charge is 0.394 e. The Balaban J connectivity index is 2.79. The van der Waals surface area contributed by atoms with E-state index in [1.165, 1.54) is 24.1 Å². The minimum absolute atomic E-state index is 0.958. The molecule has 0 aliphatic carbocycles. The summed E-state index contributed by atoms with van der Waals surface area (Å²) in [5.41, 5.74) is 2.51. The SMILES string of the molecule is CCCN(CCC)c1[c-]c(CN(C)C)ccc1. The minimum Gasteiger partial charge on any atom is -0.394 e. The van der Waals surface area contributed by atoms with Gasteiger partial charge in [-0.05, 0) is 26.9 Å². The summed E-state index contributed by atoms with van der Waals surface area (Å²) in [7, 11) is 4.19. The van der Waals surface area contributed by atoms with E-state index in [-0.39, 0.29) is 0 Å². The molecule has 1 rings (SSSR count). The van der Waals surface area contributed by atoms with Crippen molar-refractivity contribution in [2.45, 2.75) is 33.2 Å². The number of nitrogens with zero attached hydrogens (tertiary/aromatic N) is 2. The van der Waals surface area contributed by atoms with Gasteiger partial charge in [-0.25, -0.2) is 0 Å². The Hall–Kier alpha value is -1.02. The third-order valence-corrected chi connectivity index (χ3v) is 2.65. The quantitative estimate of drug-likeness (QED) is 0.667. The molecule has 0 amide bonds. The molecule has 0 aliphatic rings. The molecule has 0 saturated carbocycles. The first-order valence-electron chi connectivity index (χ1n) is 6.58. The molecule has 0 heterocycles. The van der Waals surface area contributed by atoms with Crippen LogP contribution in [0.1, 0.15) is 32.3 Å². The van der Waals surface area contributed by atoms with Gasteiger partial charge in [-0.1, -0.05) is 19.5 Å². The second kappa shape index (κ2) is 7.33. The Labute approximate surface area is 106 Å². The van der Waals surface area contributed by atoms with E-state index >= 15 is 0 Å². The van der Waals surface area contributed by atoms with Gasteiger partial charge in [-0.15, -0.1) is 11.6 Å². The van der Waals surface area contributed by atoms with Gasteiger partial charge in [-0.2, -0.15) is 18.2 Å². The molecule has 0 aromatic heterocycles. The van der Waals surface area contributed by atoms with E-state index < -0.39 is 0 Å². The fraction of sp³-hybridized carbons (Fsp3) is 0.600. The van der Waals surface area contributed by atoms with Gasteiger partial charge in [-0.3, -0.25) is 0 Å². The Kier molecular flexibility index (Phi) is 6.06. The zero-order valence-corrected chi connectivity index (χ0v) is 11.7. The molecule has 17 heavy (non-hydrogen) atoms. The summed E-state index contributed by atoms with van der Waals surface area (Å²) >= 11 is 0. The molecule has 0 spiro atoms. The topological polar surface area (TPSA) is 6.48 Å². The van der Waals surface area contributed by atoms with Crippen molar-refractivity contribution in [3.05, 3.63) is 29.8 Å². The van der Waals surface area contributed by atoms with Crippen LogP contribution in [0.3, 0.4) is 0 Å². The van der Waals surface area contributed by atoms with Gasteiger partial charge in [0.15, 0.2) is 0 Å². The average Bonchev–Trinajstić information content (AvgIpc) is 2.28. The van der Waals surface area contributed by atoms with Gasteiger partial charge in [0.05, 0.1) is 0 Å². The van der Waals surface area contributed by atoms with Gasteiger partial charge >= 0.3 is 0 Å². The van der Waals surface area contributed by atoms with Crippen molar-refractivity contribution in [1.29, 1.82) is 0 Å². The van der Waals surface area contributed by atoms with Crippen molar-refractivity contribution < 1.29 is 0 Å². The van der Waals surface area contributed by atoms with Gasteiger partial charge in [0.25, 0.3) is 0 Å². The molecule has 2 nitrogen and oxygen atoms in total. The van der Waals surface area contributed by atoms with Crippen LogP contribution in [0.15, 0.2) is 18.2 Å². The molecule has 0 bridgehead atoms. The predicted octanol–water partition coefficient (Wildman–Crippen LogP) is 3.17. The number of rotatable bonds is 7. The first-order chi connectivity index (χ1) is 8.17. The van der Waals surface area contributed by atoms with E-state index in [1.54, 1.807) is 0 Å². The number of anilines is 1. The lowest BCUT2D eigenvalue weighted by molar-refractivity contribution is 0.402. The highest BCUT2D eigenvalue weighted by atomic mass is 15.1. The maximum atomic E-state index is 3.53. The molecule has 2 heteroatoms. The van der Waals surface area contributed by atoms with E-state index in [2.05, 4.69) is 62.0 Å². The van der Waals surface area contributed by atoms with E-state index in [1.807, 2.05) is 0 Å². The molecule has 0 saturated heterocycles. The molecule has 1 aromatic rings. The average molecular weight is 233 g/mol. The van der Waals surface area contributed by atoms with Crippen molar-refractivity contribution in [3.8, 4) is 0 Å². The van der Waals surface area contributed by atoms with Crippen LogP contribution in [0.25, 0.3) is 0 Å². The van der Waals surface area contributed by atoms with Gasteiger partial charge in [0.2, 0.25) is 0 Å². The van der Waals surface area contributed by atoms with Crippen LogP contribution in [0.2, 0.25) is 0 Å². The van der Waals surface area contributed by atoms with Crippen LogP contribution in [0, 0.1) is 6.07 Å². The Morgan fingerprint density at radius 2 is 1.71 bits per heavy atom. The summed E-state index contributed by atoms with van der Waals surface area (Å²) in [6.07, 6.45) is 2.37. The van der Waals surface area contributed by atoms with Gasteiger partial charge in [0, 0.05) is 19.6 Å². The van der Waals surface area contributed by atoms with Crippen molar-refractivity contribution in [1.82, 2.24) is 4.90 Å². The smallest absolute Gasteiger partial charge is 0.0153 e. The van der Waals surface area contributed by atoms with Crippen LogP contribution in [0.4, 0.5) is 5.69 Å². The van der Waals surface area contributed by atoms with Crippen LogP contribution < -0.4 is 4.90 Å². The van der Waals surface area contributed by atoms with Crippen molar-refractivity contribution in [3.63, 3.8) is 0 Å². The zero-order chi connectivity index (χ0) is 12.7. The molecule has 1 aromatic carbocycles. The Bertz CT molecular complexity index is 314. The highest BCUT2D eigenvalue weighted by Crippen LogP contribution is 2.16. The van der Waals surface area contributed by atoms with Crippen molar-refractivity contribution >= 4 is 5.69 Å². The summed E-state index contributed by atoms with van der Waals surface area (Å²) in [6, 6.07) is 10.00. The molecule has 0 aliphatic heterocycles. The third-order valence-electron chi connectivity index (χ3n) is 2.65. The highest BCUT2D eigenvalue weighted by molar-refractivity contribution is 5.47. The van der Waals surface area contributed by atoms with Crippen molar-refractivity contribution in [2.24, 2.45) is 0 Å². The molecule has 0 radical (unpaired) electrons. The standard InChI is InChI=1S/C15H25N2/c1-5-10-17(11-6-2)15-9-7-8-14(12-15)13-16(3)4/h7-9H,5-6,10-11,13H2,1-4H3/q-1. The number of hydrogen-bond donors (Lipinski definition) is 0. The number of hydrogen-bond acceptors (Lipinski definition) is 2. The summed E-state index contributed by atoms with van der Waals surface area (Å²) in [4.78, 5) is 4.61. The third kappa shape index (κ3) is 4.78. The maximum Gasteiger partial charge on any atom is 0.0153 e. The second-order valence-electron chi connectivity index (χ2n) is 4.79. The Morgan fingerprint density at radius 1 is 1.06 bits per heavy atom. The zero-order valence-electron chi connectivity index (χ0n) is 11.7. The molecule has 96 valence electrons. The monoisotopic (exact) mass is 233 g/mol. The first-order valence-corrected chi connectivity index (χ1v) is 6.58. The van der Waals surface area contributed by atoms with Gasteiger partial charge in [0.1, 0.15) is 0 Å². The molecule has 0 fully saturated rings. The van der Waals surface area contributed by atoms with E-state index in [0.29, 0.717) is 0 Å². The fourth-order valence-electron chi connectivity index (χ4n) is 2.01. The van der Waals surface area contributed by atoms with Crippen LogP contribution in [-0.4, -0.2) is 32.1 Å². The van der Waals surface area contributed by atoms with Crippen LogP contribution >= 0.6 is 0 Å². The maximum absolute atomic E-state index is 3.53. The normalized spacial score (nSPS) is 10.9. The minimum atomic E-state index is 0.958. The lowest BCUT2D eigenvalue weighted by atomic mass is 10.1. The molecular formula is C15H25N2-. The van der Waals surface area contributed by atoms with Crippen LogP contribution in [0.5, 0.6) is 0 Å². The first kappa shape index (κ1) is 14.0.